The Bertz CT molecular complexity index is 237. The highest BCUT2D eigenvalue weighted by Gasteiger charge is 1.92. The van der Waals surface area contributed by atoms with Gasteiger partial charge in [-0.15, -0.1) is 0 Å². The van der Waals surface area contributed by atoms with Gasteiger partial charge in [-0.25, -0.2) is 0 Å². The zero-order valence-electron chi connectivity index (χ0n) is 9.88. The molecule has 0 aliphatic carbocycles. The topological polar surface area (TPSA) is 0 Å². The van der Waals surface area contributed by atoms with Crippen LogP contribution in [0.3, 0.4) is 0 Å². The van der Waals surface area contributed by atoms with E-state index >= 15 is 0 Å². The van der Waals surface area contributed by atoms with Crippen LogP contribution in [0.4, 0.5) is 0 Å². The van der Waals surface area contributed by atoms with E-state index in [1.807, 2.05) is 45.9 Å². The minimum Gasteiger partial charge on any atom is -0.0990 e. The van der Waals surface area contributed by atoms with Gasteiger partial charge in [0.2, 0.25) is 0 Å². The summed E-state index contributed by atoms with van der Waals surface area (Å²) in [6, 6.07) is 0. The molecule has 0 aliphatic heterocycles. The van der Waals surface area contributed by atoms with Gasteiger partial charge in [0.25, 0.3) is 0 Å². The molecule has 0 N–H and O–H groups in total. The highest BCUT2D eigenvalue weighted by Crippen LogP contribution is 2.12. The quantitative estimate of drug-likeness (QED) is 0.557. The van der Waals surface area contributed by atoms with Crippen molar-refractivity contribution >= 4 is 0 Å². The lowest BCUT2D eigenvalue weighted by Crippen LogP contribution is -1.80. The zero-order chi connectivity index (χ0) is 11.4. The van der Waals surface area contributed by atoms with Crippen molar-refractivity contribution in [2.75, 3.05) is 0 Å². The molecule has 0 nitrogen and oxygen atoms in total. The molecule has 0 heterocycles. The Balaban J connectivity index is 0. The molecule has 0 saturated heterocycles. The molecule has 0 aliphatic rings. The third-order valence-electron chi connectivity index (χ3n) is 1.51. The van der Waals surface area contributed by atoms with Gasteiger partial charge in [-0.1, -0.05) is 63.5 Å². The van der Waals surface area contributed by atoms with Gasteiger partial charge in [-0.3, -0.25) is 0 Å². The molecule has 0 spiro atoms. The van der Waals surface area contributed by atoms with Crippen molar-refractivity contribution in [2.45, 2.75) is 27.7 Å². The van der Waals surface area contributed by atoms with E-state index in [-0.39, 0.29) is 0 Å². The van der Waals surface area contributed by atoms with E-state index in [2.05, 4.69) is 25.3 Å². The summed E-state index contributed by atoms with van der Waals surface area (Å²) in [5.41, 5.74) is 2.28. The van der Waals surface area contributed by atoms with Crippen molar-refractivity contribution in [3.05, 3.63) is 60.8 Å². The number of hydrogen-bond donors (Lipinski definition) is 0. The summed E-state index contributed by atoms with van der Waals surface area (Å²) >= 11 is 0. The van der Waals surface area contributed by atoms with E-state index in [9.17, 15) is 0 Å². The molecule has 0 saturated carbocycles. The second-order valence-electron chi connectivity index (χ2n) is 2.31. The maximum Gasteiger partial charge on any atom is -0.0194 e. The van der Waals surface area contributed by atoms with Crippen LogP contribution in [0.5, 0.6) is 0 Å². The van der Waals surface area contributed by atoms with Crippen LogP contribution in [-0.4, -0.2) is 0 Å². The molecule has 0 fully saturated rings. The Hall–Kier alpha value is -1.30. The molecule has 14 heavy (non-hydrogen) atoms. The van der Waals surface area contributed by atoms with Crippen molar-refractivity contribution in [1.29, 1.82) is 0 Å². The van der Waals surface area contributed by atoms with Crippen molar-refractivity contribution in [3.8, 4) is 0 Å². The number of rotatable bonds is 4. The summed E-state index contributed by atoms with van der Waals surface area (Å²) in [6.07, 6.45) is 11.7. The molecule has 0 rings (SSSR count). The van der Waals surface area contributed by atoms with E-state index in [1.165, 1.54) is 5.57 Å². The minimum atomic E-state index is 1.10. The normalized spacial score (nSPS) is 12.0. The Kier molecular flexibility index (Phi) is 12.7. The van der Waals surface area contributed by atoms with Crippen molar-refractivity contribution < 1.29 is 0 Å². The molecule has 0 unspecified atom stereocenters. The number of allylic oxidation sites excluding steroid dienone is 8. The summed E-state index contributed by atoms with van der Waals surface area (Å²) in [4.78, 5) is 0. The third kappa shape index (κ3) is 6.24. The second kappa shape index (κ2) is 11.7. The van der Waals surface area contributed by atoms with Gasteiger partial charge in [0.05, 0.1) is 0 Å². The third-order valence-corrected chi connectivity index (χ3v) is 1.51. The Labute approximate surface area is 89.0 Å². The molecule has 78 valence electrons. The van der Waals surface area contributed by atoms with E-state index < -0.39 is 0 Å². The molecule has 0 bridgehead atoms. The average Bonchev–Trinajstić information content (AvgIpc) is 2.26. The molecule has 0 aromatic rings. The molecule has 0 heteroatoms. The fourth-order valence-corrected chi connectivity index (χ4v) is 0.948. The first kappa shape index (κ1) is 15.2. The molecular formula is C14H22. The Morgan fingerprint density at radius 3 is 1.86 bits per heavy atom. The average molecular weight is 190 g/mol. The van der Waals surface area contributed by atoms with Gasteiger partial charge in [0.15, 0.2) is 0 Å². The second-order valence-corrected chi connectivity index (χ2v) is 2.31. The van der Waals surface area contributed by atoms with Crippen LogP contribution < -0.4 is 0 Å². The SMILES string of the molecule is C=C\C=C(C=C)/C(/C=C\C)=C\C.CC. The minimum absolute atomic E-state index is 1.10. The highest BCUT2D eigenvalue weighted by molar-refractivity contribution is 5.46. The van der Waals surface area contributed by atoms with E-state index in [0.29, 0.717) is 0 Å². The molecule has 0 amide bonds. The lowest BCUT2D eigenvalue weighted by atomic mass is 10.1. The van der Waals surface area contributed by atoms with E-state index in [0.717, 1.165) is 5.57 Å². The smallest absolute Gasteiger partial charge is 0.0194 e. The summed E-state index contributed by atoms with van der Waals surface area (Å²) in [5.74, 6) is 0. The maximum atomic E-state index is 3.74. The highest BCUT2D eigenvalue weighted by atomic mass is 14.0. The summed E-state index contributed by atoms with van der Waals surface area (Å²) in [7, 11) is 0. The van der Waals surface area contributed by atoms with Crippen LogP contribution in [-0.2, 0) is 0 Å². The molecule has 0 atom stereocenters. The fraction of sp³-hybridized carbons (Fsp3) is 0.286. The zero-order valence-corrected chi connectivity index (χ0v) is 9.88. The van der Waals surface area contributed by atoms with Gasteiger partial charge in [0.1, 0.15) is 0 Å². The monoisotopic (exact) mass is 190 g/mol. The van der Waals surface area contributed by atoms with Gasteiger partial charge in [0, 0.05) is 0 Å². The Morgan fingerprint density at radius 2 is 1.57 bits per heavy atom. The van der Waals surface area contributed by atoms with Crippen LogP contribution in [0, 0.1) is 0 Å². The van der Waals surface area contributed by atoms with Crippen LogP contribution in [0.1, 0.15) is 27.7 Å². The predicted molar refractivity (Wildman–Crippen MR) is 68.4 cm³/mol. The molecule has 0 aromatic heterocycles. The van der Waals surface area contributed by atoms with Crippen LogP contribution >= 0.6 is 0 Å². The van der Waals surface area contributed by atoms with Gasteiger partial charge in [-0.2, -0.15) is 0 Å². The van der Waals surface area contributed by atoms with Crippen LogP contribution in [0.25, 0.3) is 0 Å². The maximum absolute atomic E-state index is 3.74. The van der Waals surface area contributed by atoms with E-state index in [4.69, 9.17) is 0 Å². The lowest BCUT2D eigenvalue weighted by molar-refractivity contribution is 1.49. The first-order valence-corrected chi connectivity index (χ1v) is 5.04. The van der Waals surface area contributed by atoms with Crippen molar-refractivity contribution in [1.82, 2.24) is 0 Å². The molecular weight excluding hydrogens is 168 g/mol. The predicted octanol–water partition coefficient (Wildman–Crippen LogP) is 4.83. The molecule has 0 aromatic carbocycles. The number of hydrogen-bond acceptors (Lipinski definition) is 0. The van der Waals surface area contributed by atoms with Crippen molar-refractivity contribution in [3.63, 3.8) is 0 Å². The first-order valence-electron chi connectivity index (χ1n) is 5.04. The molecule has 0 radical (unpaired) electrons. The van der Waals surface area contributed by atoms with Gasteiger partial charge >= 0.3 is 0 Å². The van der Waals surface area contributed by atoms with Crippen LogP contribution in [0.2, 0.25) is 0 Å². The first-order chi connectivity index (χ1) is 6.79. The van der Waals surface area contributed by atoms with Gasteiger partial charge < -0.3 is 0 Å². The summed E-state index contributed by atoms with van der Waals surface area (Å²) in [5, 5.41) is 0. The van der Waals surface area contributed by atoms with Crippen molar-refractivity contribution in [2.24, 2.45) is 0 Å². The van der Waals surface area contributed by atoms with Crippen LogP contribution in [0.15, 0.2) is 60.8 Å². The summed E-state index contributed by atoms with van der Waals surface area (Å²) in [6.45, 7) is 15.4. The van der Waals surface area contributed by atoms with E-state index in [1.54, 1.807) is 6.08 Å². The summed E-state index contributed by atoms with van der Waals surface area (Å²) < 4.78 is 0. The largest absolute Gasteiger partial charge is 0.0990 e. The standard InChI is InChI=1S/C12H16.C2H6/c1-5-9-11(7-3)12(8-4)10-6-2;1-2/h5-10H,1,3H2,2,4H3;1-2H3/b10-6-,11-9-,12-8-;. The Morgan fingerprint density at radius 1 is 1.00 bits per heavy atom. The lowest BCUT2D eigenvalue weighted by Gasteiger charge is -2.00. The fourth-order valence-electron chi connectivity index (χ4n) is 0.948. The van der Waals surface area contributed by atoms with Gasteiger partial charge in [-0.05, 0) is 25.0 Å².